The van der Waals surface area contributed by atoms with Crippen molar-refractivity contribution in [2.24, 2.45) is 23.3 Å². The van der Waals surface area contributed by atoms with Gasteiger partial charge < -0.3 is 53.4 Å². The fourth-order valence-electron chi connectivity index (χ4n) is 4.99. The Balaban J connectivity index is 3.10. The summed E-state index contributed by atoms with van der Waals surface area (Å²) in [5.74, 6) is -7.37. The second kappa shape index (κ2) is 20.5. The molecule has 1 aliphatic rings. The van der Waals surface area contributed by atoms with E-state index < -0.39 is 102 Å². The lowest BCUT2D eigenvalue weighted by Gasteiger charge is -2.31. The van der Waals surface area contributed by atoms with E-state index in [4.69, 9.17) is 16.6 Å². The van der Waals surface area contributed by atoms with E-state index >= 15 is 0 Å². The Bertz CT molecular complexity index is 1240. The Kier molecular flexibility index (Phi) is 17.7. The number of primary amides is 1. The van der Waals surface area contributed by atoms with E-state index in [0.29, 0.717) is 6.42 Å². The van der Waals surface area contributed by atoms with Crippen LogP contribution in [0.15, 0.2) is 0 Å². The van der Waals surface area contributed by atoms with Crippen molar-refractivity contribution >= 4 is 53.2 Å². The first-order valence-corrected chi connectivity index (χ1v) is 16.1. The number of carbonyl (C=O) groups excluding carboxylic acids is 8. The molecule has 49 heavy (non-hydrogen) atoms. The predicted octanol–water partition coefficient (Wildman–Crippen LogP) is -3.82. The molecule has 0 radical (unpaired) electrons. The van der Waals surface area contributed by atoms with Gasteiger partial charge in [0.25, 0.3) is 0 Å². The van der Waals surface area contributed by atoms with E-state index in [1.165, 1.54) is 11.8 Å². The minimum atomic E-state index is -1.31. The summed E-state index contributed by atoms with van der Waals surface area (Å²) >= 11 is 0. The number of carboxylic acid groups (broad SMARTS) is 1. The maximum atomic E-state index is 13.6. The molecule has 276 valence electrons. The third-order valence-corrected chi connectivity index (χ3v) is 7.54. The van der Waals surface area contributed by atoms with Gasteiger partial charge in [0.15, 0.2) is 0 Å². The largest absolute Gasteiger partial charge is 0.480 e. The summed E-state index contributed by atoms with van der Waals surface area (Å²) in [7, 11) is 0. The average molecular weight is 698 g/mol. The molecule has 1 fully saturated rings. The Labute approximate surface area is 284 Å². The Morgan fingerprint density at radius 2 is 1.43 bits per heavy atom. The number of amides is 8. The highest BCUT2D eigenvalue weighted by molar-refractivity contribution is 5.97. The first kappa shape index (κ1) is 42.2. The summed E-state index contributed by atoms with van der Waals surface area (Å²) in [5.41, 5.74) is 10.5. The molecule has 19 heteroatoms. The summed E-state index contributed by atoms with van der Waals surface area (Å²) in [4.78, 5) is 113. The van der Waals surface area contributed by atoms with Crippen molar-refractivity contribution in [3.63, 3.8) is 0 Å². The molecule has 0 bridgehead atoms. The maximum absolute atomic E-state index is 13.6. The number of likely N-dealkylation sites (tertiary alicyclic amines) is 1. The van der Waals surface area contributed by atoms with Gasteiger partial charge in [-0.1, -0.05) is 27.7 Å². The molecule has 0 aromatic rings. The quantitative estimate of drug-likeness (QED) is 0.0594. The molecular formula is C30H51N9O10. The molecule has 0 unspecified atom stereocenters. The monoisotopic (exact) mass is 697 g/mol. The minimum Gasteiger partial charge on any atom is -0.480 e. The van der Waals surface area contributed by atoms with Crippen molar-refractivity contribution in [2.75, 3.05) is 26.2 Å². The van der Waals surface area contributed by atoms with Crippen molar-refractivity contribution in [3.8, 4) is 0 Å². The molecule has 8 amide bonds. The van der Waals surface area contributed by atoms with Crippen LogP contribution in [0.4, 0.5) is 0 Å². The smallest absolute Gasteiger partial charge is 0.322 e. The van der Waals surface area contributed by atoms with Crippen LogP contribution in [0, 0.1) is 11.8 Å². The zero-order chi connectivity index (χ0) is 37.4. The zero-order valence-corrected chi connectivity index (χ0v) is 28.6. The fraction of sp³-hybridized carbons (Fsp3) is 0.700. The van der Waals surface area contributed by atoms with Crippen LogP contribution in [0.5, 0.6) is 0 Å². The molecule has 1 rings (SSSR count). The Morgan fingerprint density at radius 1 is 0.796 bits per heavy atom. The van der Waals surface area contributed by atoms with Crippen LogP contribution in [0.25, 0.3) is 0 Å². The van der Waals surface area contributed by atoms with Crippen molar-refractivity contribution in [3.05, 3.63) is 0 Å². The van der Waals surface area contributed by atoms with Gasteiger partial charge in [0.1, 0.15) is 36.8 Å². The number of hydrogen-bond acceptors (Lipinski definition) is 10. The summed E-state index contributed by atoms with van der Waals surface area (Å²) in [6, 6.07) is -5.72. The molecule has 19 nitrogen and oxygen atoms in total. The molecule has 0 aliphatic carbocycles. The highest BCUT2D eigenvalue weighted by Gasteiger charge is 2.39. The highest BCUT2D eigenvalue weighted by Crippen LogP contribution is 2.20. The van der Waals surface area contributed by atoms with Crippen molar-refractivity contribution < 1.29 is 48.3 Å². The molecule has 1 aliphatic heterocycles. The van der Waals surface area contributed by atoms with Gasteiger partial charge in [-0.2, -0.15) is 0 Å². The SMILES string of the molecule is CC(C)C[C@H](NC(=O)[C@H](C)NC(=O)CNC(=O)CN)C(=O)N[C@H](C(=O)N[C@@H](CCC(N)=O)C(=O)N1CCC[C@H]1C(=O)NCC(=O)O)C(C)C. The average Bonchev–Trinajstić information content (AvgIpc) is 3.52. The number of carbonyl (C=O) groups is 9. The first-order valence-electron chi connectivity index (χ1n) is 16.1. The standard InChI is InChI=1S/C30H51N9O10/c1-15(2)11-19(37-26(45)17(5)35-23(42)13-33-22(41)12-31)27(46)38-25(16(3)4)29(48)36-18(8-9-21(32)40)30(49)39-10-6-7-20(39)28(47)34-14-24(43)44/h15-20,25H,6-14,31H2,1-5H3,(H2,32,40)(H,33,41)(H,34,47)(H,35,42)(H,36,48)(H,37,45)(H,38,46)(H,43,44)/t17-,18-,19-,20-,25-/m0/s1. The molecule has 1 saturated heterocycles. The topological polar surface area (TPSA) is 301 Å². The fourth-order valence-corrected chi connectivity index (χ4v) is 4.99. The van der Waals surface area contributed by atoms with Crippen molar-refractivity contribution in [1.29, 1.82) is 0 Å². The lowest BCUT2D eigenvalue weighted by molar-refractivity contribution is -0.143. The number of nitrogens with two attached hydrogens (primary N) is 2. The number of rotatable bonds is 20. The van der Waals surface area contributed by atoms with E-state index in [-0.39, 0.29) is 44.7 Å². The molecule has 0 spiro atoms. The van der Waals surface area contributed by atoms with Gasteiger partial charge in [0.05, 0.1) is 13.1 Å². The van der Waals surface area contributed by atoms with E-state index in [2.05, 4.69) is 31.9 Å². The van der Waals surface area contributed by atoms with Gasteiger partial charge in [-0.15, -0.1) is 0 Å². The van der Waals surface area contributed by atoms with Gasteiger partial charge in [-0.3, -0.25) is 43.2 Å². The van der Waals surface area contributed by atoms with Gasteiger partial charge in [-0.05, 0) is 44.4 Å². The van der Waals surface area contributed by atoms with Gasteiger partial charge in [0, 0.05) is 13.0 Å². The lowest BCUT2D eigenvalue weighted by atomic mass is 9.99. The molecular weight excluding hydrogens is 646 g/mol. The van der Waals surface area contributed by atoms with Crippen LogP contribution in [-0.4, -0.2) is 120 Å². The number of aliphatic carboxylic acids is 1. The first-order chi connectivity index (χ1) is 22.9. The molecule has 5 atom stereocenters. The Morgan fingerprint density at radius 3 is 1.98 bits per heavy atom. The van der Waals surface area contributed by atoms with Crippen molar-refractivity contribution in [1.82, 2.24) is 36.8 Å². The summed E-state index contributed by atoms with van der Waals surface area (Å²) < 4.78 is 0. The van der Waals surface area contributed by atoms with Crippen LogP contribution in [0.1, 0.15) is 66.7 Å². The van der Waals surface area contributed by atoms with Crippen LogP contribution < -0.4 is 43.4 Å². The minimum absolute atomic E-state index is 0.0874. The molecule has 11 N–H and O–H groups in total. The van der Waals surface area contributed by atoms with E-state index in [1.807, 2.05) is 13.8 Å². The highest BCUT2D eigenvalue weighted by atomic mass is 16.4. The van der Waals surface area contributed by atoms with Gasteiger partial charge in [0.2, 0.25) is 47.3 Å². The second-order valence-corrected chi connectivity index (χ2v) is 12.6. The zero-order valence-electron chi connectivity index (χ0n) is 28.6. The normalized spacial score (nSPS) is 16.5. The lowest BCUT2D eigenvalue weighted by Crippen LogP contribution is -2.60. The third-order valence-electron chi connectivity index (χ3n) is 7.54. The second-order valence-electron chi connectivity index (χ2n) is 12.6. The van der Waals surface area contributed by atoms with E-state index in [9.17, 15) is 43.2 Å². The number of nitrogens with zero attached hydrogens (tertiary/aromatic N) is 1. The molecule has 0 saturated carbocycles. The number of nitrogens with one attached hydrogen (secondary N) is 6. The van der Waals surface area contributed by atoms with Crippen molar-refractivity contribution in [2.45, 2.75) is 96.9 Å². The summed E-state index contributed by atoms with van der Waals surface area (Å²) in [6.07, 6.45) is 0.375. The Hall–Kier alpha value is -4.81. The van der Waals surface area contributed by atoms with Crippen LogP contribution in [0.3, 0.4) is 0 Å². The van der Waals surface area contributed by atoms with E-state index in [1.54, 1.807) is 13.8 Å². The summed E-state index contributed by atoms with van der Waals surface area (Å²) in [6.45, 7) is 7.08. The number of hydrogen-bond donors (Lipinski definition) is 9. The predicted molar refractivity (Wildman–Crippen MR) is 174 cm³/mol. The van der Waals surface area contributed by atoms with Crippen LogP contribution in [-0.2, 0) is 43.2 Å². The molecule has 1 heterocycles. The van der Waals surface area contributed by atoms with Gasteiger partial charge in [-0.25, -0.2) is 0 Å². The van der Waals surface area contributed by atoms with E-state index in [0.717, 1.165) is 0 Å². The number of carboxylic acids is 1. The van der Waals surface area contributed by atoms with Crippen LogP contribution >= 0.6 is 0 Å². The molecule has 0 aromatic carbocycles. The summed E-state index contributed by atoms with van der Waals surface area (Å²) in [5, 5.41) is 23.6. The van der Waals surface area contributed by atoms with Gasteiger partial charge >= 0.3 is 5.97 Å². The van der Waals surface area contributed by atoms with Crippen LogP contribution in [0.2, 0.25) is 0 Å². The maximum Gasteiger partial charge on any atom is 0.322 e. The molecule has 0 aromatic heterocycles. The third kappa shape index (κ3) is 14.9.